The van der Waals surface area contributed by atoms with E-state index in [2.05, 4.69) is 31.9 Å². The molecule has 7 nitrogen and oxygen atoms in total. The fourth-order valence-electron chi connectivity index (χ4n) is 2.61. The molecule has 23 heavy (non-hydrogen) atoms. The van der Waals surface area contributed by atoms with Gasteiger partial charge >= 0.3 is 0 Å². The quantitative estimate of drug-likeness (QED) is 0.881. The van der Waals surface area contributed by atoms with Gasteiger partial charge in [0.25, 0.3) is 0 Å². The minimum absolute atomic E-state index is 0.116. The van der Waals surface area contributed by atoms with Crippen molar-refractivity contribution in [1.29, 1.82) is 0 Å². The van der Waals surface area contributed by atoms with Crippen LogP contribution in [0, 0.1) is 13.8 Å². The minimum Gasteiger partial charge on any atom is -0.349 e. The van der Waals surface area contributed by atoms with Crippen LogP contribution in [0.1, 0.15) is 17.5 Å². The Morgan fingerprint density at radius 3 is 2.78 bits per heavy atom. The summed E-state index contributed by atoms with van der Waals surface area (Å²) in [6.07, 6.45) is 2.11. The summed E-state index contributed by atoms with van der Waals surface area (Å²) in [6.45, 7) is 4.06. The van der Waals surface area contributed by atoms with Gasteiger partial charge in [0.15, 0.2) is 15.7 Å². The summed E-state index contributed by atoms with van der Waals surface area (Å²) in [5.41, 5.74) is 3.25. The first-order chi connectivity index (χ1) is 10.9. The third kappa shape index (κ3) is 3.95. The van der Waals surface area contributed by atoms with E-state index in [1.807, 2.05) is 26.0 Å². The van der Waals surface area contributed by atoms with Crippen LogP contribution in [0.2, 0.25) is 0 Å². The average molecular weight is 333 g/mol. The molecular weight excluding hydrogens is 314 g/mol. The number of nitrogens with zero attached hydrogens (tertiary/aromatic N) is 3. The Balaban J connectivity index is 1.72. The largest absolute Gasteiger partial charge is 0.349 e. The molecule has 1 saturated heterocycles. The van der Waals surface area contributed by atoms with Gasteiger partial charge in [-0.1, -0.05) is 17.7 Å². The second kappa shape index (κ2) is 6.11. The lowest BCUT2D eigenvalue weighted by molar-refractivity contribution is 0.602. The summed E-state index contributed by atoms with van der Waals surface area (Å²) >= 11 is 0. The molecule has 2 aromatic rings. The molecule has 3 rings (SSSR count). The number of benzene rings is 1. The van der Waals surface area contributed by atoms with Crippen LogP contribution in [0.5, 0.6) is 0 Å². The van der Waals surface area contributed by atoms with Gasteiger partial charge in [-0.15, -0.1) is 5.10 Å². The minimum atomic E-state index is -2.94. The standard InChI is InChI=1S/C15H19N5O2S/c1-10-3-4-13(11(2)7-10)18-14-8-16-20-15(19-14)17-12-5-6-23(21,22)9-12/h3-4,7-8,12H,5-6,9H2,1-2H3,(H2,17,18,19,20). The van der Waals surface area contributed by atoms with Crippen molar-refractivity contribution in [2.24, 2.45) is 0 Å². The number of rotatable bonds is 4. The molecule has 1 aliphatic rings. The lowest BCUT2D eigenvalue weighted by Crippen LogP contribution is -2.22. The summed E-state index contributed by atoms with van der Waals surface area (Å²) in [7, 11) is -2.94. The maximum Gasteiger partial charge on any atom is 0.244 e. The molecule has 122 valence electrons. The fraction of sp³-hybridized carbons (Fsp3) is 0.400. The van der Waals surface area contributed by atoms with Gasteiger partial charge in [0.2, 0.25) is 5.95 Å². The number of nitrogens with one attached hydrogen (secondary N) is 2. The van der Waals surface area contributed by atoms with Crippen LogP contribution in [0.4, 0.5) is 17.5 Å². The van der Waals surface area contributed by atoms with Crippen molar-refractivity contribution in [3.05, 3.63) is 35.5 Å². The van der Waals surface area contributed by atoms with E-state index in [1.54, 1.807) is 0 Å². The van der Waals surface area contributed by atoms with Crippen molar-refractivity contribution in [2.75, 3.05) is 22.1 Å². The third-order valence-corrected chi connectivity index (χ3v) is 5.54. The molecule has 0 spiro atoms. The molecule has 0 radical (unpaired) electrons. The lowest BCUT2D eigenvalue weighted by atomic mass is 10.1. The second-order valence-electron chi connectivity index (χ2n) is 5.85. The topological polar surface area (TPSA) is 96.9 Å². The molecule has 1 aromatic heterocycles. The van der Waals surface area contributed by atoms with E-state index in [1.165, 1.54) is 11.8 Å². The molecule has 2 heterocycles. The zero-order chi connectivity index (χ0) is 16.4. The number of aromatic nitrogens is 3. The van der Waals surface area contributed by atoms with Crippen molar-refractivity contribution in [1.82, 2.24) is 15.2 Å². The molecule has 1 atom stereocenters. The predicted octanol–water partition coefficient (Wildman–Crippen LogP) is 1.83. The molecule has 1 unspecified atom stereocenters. The maximum absolute atomic E-state index is 11.5. The molecule has 1 aromatic carbocycles. The summed E-state index contributed by atoms with van der Waals surface area (Å²) in [6, 6.07) is 5.94. The molecule has 1 fully saturated rings. The molecule has 0 bridgehead atoms. The van der Waals surface area contributed by atoms with Crippen molar-refractivity contribution < 1.29 is 8.42 Å². The smallest absolute Gasteiger partial charge is 0.244 e. The van der Waals surface area contributed by atoms with Crippen molar-refractivity contribution in [2.45, 2.75) is 26.3 Å². The Labute approximate surface area is 135 Å². The van der Waals surface area contributed by atoms with E-state index >= 15 is 0 Å². The Bertz CT molecular complexity index is 822. The zero-order valence-electron chi connectivity index (χ0n) is 13.1. The molecule has 1 aliphatic heterocycles. The summed E-state index contributed by atoms with van der Waals surface area (Å²) in [5.74, 6) is 1.22. The van der Waals surface area contributed by atoms with Crippen LogP contribution in [-0.2, 0) is 9.84 Å². The average Bonchev–Trinajstić information content (AvgIpc) is 2.81. The summed E-state index contributed by atoms with van der Waals surface area (Å²) in [5, 5.41) is 14.1. The van der Waals surface area contributed by atoms with Gasteiger partial charge in [-0.05, 0) is 31.9 Å². The first kappa shape index (κ1) is 15.7. The Kier molecular flexibility index (Phi) is 4.16. The van der Waals surface area contributed by atoms with E-state index in [0.717, 1.165) is 11.3 Å². The molecule has 0 saturated carbocycles. The Hall–Kier alpha value is -2.22. The number of aryl methyl sites for hydroxylation is 2. The summed E-state index contributed by atoms with van der Waals surface area (Å²) < 4.78 is 23.0. The number of sulfone groups is 1. The maximum atomic E-state index is 11.5. The number of anilines is 3. The SMILES string of the molecule is Cc1ccc(Nc2cnnc(NC3CCS(=O)(=O)C3)n2)c(C)c1. The molecule has 0 amide bonds. The molecule has 0 aliphatic carbocycles. The number of hydrogen-bond acceptors (Lipinski definition) is 7. The van der Waals surface area contributed by atoms with Crippen LogP contribution in [0.3, 0.4) is 0 Å². The van der Waals surface area contributed by atoms with E-state index in [9.17, 15) is 8.42 Å². The summed E-state index contributed by atoms with van der Waals surface area (Å²) in [4.78, 5) is 4.35. The zero-order valence-corrected chi connectivity index (χ0v) is 13.9. The van der Waals surface area contributed by atoms with Crippen LogP contribution in [-0.4, -0.2) is 41.1 Å². The third-order valence-electron chi connectivity index (χ3n) is 3.77. The van der Waals surface area contributed by atoms with Gasteiger partial charge in [-0.25, -0.2) is 8.42 Å². The van der Waals surface area contributed by atoms with Crippen LogP contribution in [0.15, 0.2) is 24.4 Å². The first-order valence-corrected chi connectivity index (χ1v) is 9.24. The van der Waals surface area contributed by atoms with Gasteiger partial charge < -0.3 is 10.6 Å². The van der Waals surface area contributed by atoms with Gasteiger partial charge in [-0.2, -0.15) is 10.1 Å². The van der Waals surface area contributed by atoms with Crippen molar-refractivity contribution >= 4 is 27.3 Å². The van der Waals surface area contributed by atoms with Gasteiger partial charge in [0.05, 0.1) is 17.7 Å². The Morgan fingerprint density at radius 1 is 1.26 bits per heavy atom. The van der Waals surface area contributed by atoms with Crippen molar-refractivity contribution in [3.63, 3.8) is 0 Å². The van der Waals surface area contributed by atoms with Gasteiger partial charge in [-0.3, -0.25) is 0 Å². The monoisotopic (exact) mass is 333 g/mol. The highest BCUT2D eigenvalue weighted by Gasteiger charge is 2.28. The molecular formula is C15H19N5O2S. The van der Waals surface area contributed by atoms with Crippen molar-refractivity contribution in [3.8, 4) is 0 Å². The van der Waals surface area contributed by atoms with Crippen LogP contribution in [0.25, 0.3) is 0 Å². The first-order valence-electron chi connectivity index (χ1n) is 7.42. The normalized spacial score (nSPS) is 19.5. The van der Waals surface area contributed by atoms with E-state index in [0.29, 0.717) is 18.2 Å². The lowest BCUT2D eigenvalue weighted by Gasteiger charge is -2.12. The van der Waals surface area contributed by atoms with E-state index in [-0.39, 0.29) is 17.5 Å². The number of hydrogen-bond donors (Lipinski definition) is 2. The van der Waals surface area contributed by atoms with Gasteiger partial charge in [0, 0.05) is 11.7 Å². The molecule has 8 heteroatoms. The van der Waals surface area contributed by atoms with E-state index < -0.39 is 9.84 Å². The van der Waals surface area contributed by atoms with Crippen LogP contribution >= 0.6 is 0 Å². The highest BCUT2D eigenvalue weighted by Crippen LogP contribution is 2.21. The highest BCUT2D eigenvalue weighted by atomic mass is 32.2. The predicted molar refractivity (Wildman–Crippen MR) is 89.7 cm³/mol. The Morgan fingerprint density at radius 2 is 2.09 bits per heavy atom. The highest BCUT2D eigenvalue weighted by molar-refractivity contribution is 7.91. The van der Waals surface area contributed by atoms with Crippen LogP contribution < -0.4 is 10.6 Å². The van der Waals surface area contributed by atoms with E-state index in [4.69, 9.17) is 0 Å². The second-order valence-corrected chi connectivity index (χ2v) is 8.08. The fourth-order valence-corrected chi connectivity index (χ4v) is 4.28. The molecule has 2 N–H and O–H groups in total. The van der Waals surface area contributed by atoms with Gasteiger partial charge in [0.1, 0.15) is 0 Å².